The summed E-state index contributed by atoms with van der Waals surface area (Å²) in [6.07, 6.45) is 19.2. The lowest BCUT2D eigenvalue weighted by Crippen LogP contribution is -2.44. The molecule has 8 nitrogen and oxygen atoms in total. The van der Waals surface area contributed by atoms with Gasteiger partial charge in [-0.1, -0.05) is 124 Å². The van der Waals surface area contributed by atoms with E-state index < -0.39 is 11.4 Å². The average molecular weight is 843 g/mol. The number of hydrogen-bond donors (Lipinski definition) is 6. The molecule has 60 heavy (non-hydrogen) atoms. The highest BCUT2D eigenvalue weighted by molar-refractivity contribution is 7.11. The molecule has 0 bridgehead atoms. The molecule has 6 N–H and O–H groups in total. The second-order valence-electron chi connectivity index (χ2n) is 14.7. The van der Waals surface area contributed by atoms with Gasteiger partial charge in [-0.3, -0.25) is 0 Å². The Morgan fingerprint density at radius 1 is 0.433 bits per heavy atom. The van der Waals surface area contributed by atoms with E-state index in [-0.39, 0.29) is 0 Å². The molecule has 2 atom stereocenters. The predicted octanol–water partition coefficient (Wildman–Crippen LogP) is 12.1. The lowest BCUT2D eigenvalue weighted by molar-refractivity contribution is 0.0601. The number of benzene rings is 4. The summed E-state index contributed by atoms with van der Waals surface area (Å²) in [6, 6.07) is 42.8. The summed E-state index contributed by atoms with van der Waals surface area (Å²) in [5.74, 6) is 1.60. The predicted molar refractivity (Wildman–Crippen MR) is 251 cm³/mol. The Kier molecular flexibility index (Phi) is 17.9. The summed E-state index contributed by atoms with van der Waals surface area (Å²) < 4.78 is 12.1. The summed E-state index contributed by atoms with van der Waals surface area (Å²) in [6.45, 7) is 1.36. The molecule has 0 spiro atoms. The first-order valence-corrected chi connectivity index (χ1v) is 22.8. The van der Waals surface area contributed by atoms with E-state index in [1.165, 1.54) is 38.5 Å². The van der Waals surface area contributed by atoms with Crippen LogP contribution in [0.5, 0.6) is 11.5 Å². The molecule has 0 saturated carbocycles. The van der Waals surface area contributed by atoms with Crippen LogP contribution in [-0.4, -0.2) is 23.4 Å². The highest BCUT2D eigenvalue weighted by atomic mass is 32.1. The Balaban J connectivity index is 0.808. The zero-order valence-electron chi connectivity index (χ0n) is 34.2. The van der Waals surface area contributed by atoms with Gasteiger partial charge in [-0.15, -0.1) is 22.7 Å². The summed E-state index contributed by atoms with van der Waals surface area (Å²) in [4.78, 5) is 2.12. The van der Waals surface area contributed by atoms with Crippen LogP contribution < -0.4 is 31.2 Å². The van der Waals surface area contributed by atoms with Crippen molar-refractivity contribution in [3.05, 3.63) is 177 Å². The second kappa shape index (κ2) is 24.2. The first-order chi connectivity index (χ1) is 29.5. The Labute approximate surface area is 363 Å². The highest BCUT2D eigenvalue weighted by Gasteiger charge is 2.27. The molecule has 2 heterocycles. The Morgan fingerprint density at radius 3 is 1.15 bits per heavy atom. The smallest absolute Gasteiger partial charge is 0.178 e. The summed E-state index contributed by atoms with van der Waals surface area (Å²) in [7, 11) is 0. The summed E-state index contributed by atoms with van der Waals surface area (Å²) >= 11 is 3.24. The molecule has 0 radical (unpaired) electrons. The van der Waals surface area contributed by atoms with Gasteiger partial charge in [0.15, 0.2) is 11.4 Å². The minimum absolute atomic E-state index is 0.681. The van der Waals surface area contributed by atoms with Crippen molar-refractivity contribution in [1.29, 1.82) is 0 Å². The van der Waals surface area contributed by atoms with Gasteiger partial charge in [0, 0.05) is 32.3 Å². The van der Waals surface area contributed by atoms with E-state index in [0.29, 0.717) is 24.3 Å². The summed E-state index contributed by atoms with van der Waals surface area (Å²) in [5.41, 5.74) is 12.7. The fourth-order valence-electron chi connectivity index (χ4n) is 6.58. The zero-order valence-corrected chi connectivity index (χ0v) is 35.8. The van der Waals surface area contributed by atoms with Crippen molar-refractivity contribution in [1.82, 2.24) is 10.9 Å². The molecular formula is C50H58N4O4S2. The number of unbranched alkanes of at least 4 members (excludes halogenated alkanes) is 9. The SMILES string of the molecule is OC(/C=C/c1cccs1)(NNc1ccccc1)c1ccc(OCCCCCCCCCCCCOc2ccc(C(O)(/C=C/c3cccs3)NNc3ccccc3)cc2)cc1. The maximum atomic E-state index is 11.7. The number of thiophene rings is 2. The Morgan fingerprint density at radius 2 is 0.800 bits per heavy atom. The number of nitrogens with one attached hydrogen (secondary N) is 4. The first kappa shape index (κ1) is 44.4. The average Bonchev–Trinajstić information content (AvgIpc) is 4.03. The second-order valence-corrected chi connectivity index (χ2v) is 16.7. The van der Waals surface area contributed by atoms with Gasteiger partial charge in [-0.05, 0) is 109 Å². The maximum Gasteiger partial charge on any atom is 0.178 e. The van der Waals surface area contributed by atoms with Crippen LogP contribution in [-0.2, 0) is 11.4 Å². The van der Waals surface area contributed by atoms with Crippen molar-refractivity contribution in [2.45, 2.75) is 75.7 Å². The number of rotatable bonds is 27. The third kappa shape index (κ3) is 14.8. The van der Waals surface area contributed by atoms with Crippen molar-refractivity contribution >= 4 is 46.2 Å². The number of para-hydroxylation sites is 2. The van der Waals surface area contributed by atoms with Gasteiger partial charge in [0.05, 0.1) is 13.2 Å². The van der Waals surface area contributed by atoms with Crippen molar-refractivity contribution in [3.63, 3.8) is 0 Å². The van der Waals surface area contributed by atoms with Crippen LogP contribution in [0.3, 0.4) is 0 Å². The third-order valence-corrected chi connectivity index (χ3v) is 11.7. The fourth-order valence-corrected chi connectivity index (χ4v) is 7.82. The molecular weight excluding hydrogens is 785 g/mol. The van der Waals surface area contributed by atoms with Gasteiger partial charge in [0.2, 0.25) is 0 Å². The van der Waals surface area contributed by atoms with Gasteiger partial charge in [0.25, 0.3) is 0 Å². The number of ether oxygens (including phenoxy) is 2. The largest absolute Gasteiger partial charge is 0.494 e. The van der Waals surface area contributed by atoms with Crippen molar-refractivity contribution in [3.8, 4) is 11.5 Å². The van der Waals surface area contributed by atoms with Gasteiger partial charge in [-0.2, -0.15) is 10.9 Å². The van der Waals surface area contributed by atoms with Crippen LogP contribution in [0.1, 0.15) is 85.1 Å². The minimum atomic E-state index is -1.43. The standard InChI is InChI=1S/C50H58N4O4S2/c55-49(35-33-47-23-17-39-59-47,53-51-43-19-11-9-12-20-43)41-25-29-45(30-26-41)57-37-15-7-5-3-1-2-4-6-8-16-38-58-46-31-27-42(28-32-46)50(56,36-34-48-24-18-40-60-48)54-52-44-21-13-10-14-22-44/h9-14,17-36,39-40,51-56H,1-8,15-16,37-38H2/b35-33+,36-34+. The molecule has 2 aromatic heterocycles. The lowest BCUT2D eigenvalue weighted by atomic mass is 10.0. The first-order valence-electron chi connectivity index (χ1n) is 21.0. The number of anilines is 2. The molecule has 2 unspecified atom stereocenters. The molecule has 10 heteroatoms. The van der Waals surface area contributed by atoms with E-state index in [0.717, 1.165) is 58.3 Å². The van der Waals surface area contributed by atoms with Crippen LogP contribution in [0.25, 0.3) is 12.2 Å². The zero-order chi connectivity index (χ0) is 41.6. The van der Waals surface area contributed by atoms with Gasteiger partial charge < -0.3 is 30.5 Å². The van der Waals surface area contributed by atoms with Crippen molar-refractivity contribution in [2.75, 3.05) is 24.1 Å². The van der Waals surface area contributed by atoms with E-state index in [1.807, 2.05) is 156 Å². The normalized spacial score (nSPS) is 13.6. The van der Waals surface area contributed by atoms with Crippen LogP contribution >= 0.6 is 22.7 Å². The maximum absolute atomic E-state index is 11.7. The van der Waals surface area contributed by atoms with Crippen LogP contribution in [0.2, 0.25) is 0 Å². The topological polar surface area (TPSA) is 107 Å². The van der Waals surface area contributed by atoms with E-state index in [4.69, 9.17) is 9.47 Å². The molecule has 6 rings (SSSR count). The quantitative estimate of drug-likeness (QED) is 0.0173. The van der Waals surface area contributed by atoms with Gasteiger partial charge in [0.1, 0.15) is 11.5 Å². The molecule has 0 aliphatic carbocycles. The highest BCUT2D eigenvalue weighted by Crippen LogP contribution is 2.27. The monoisotopic (exact) mass is 842 g/mol. The van der Waals surface area contributed by atoms with E-state index >= 15 is 0 Å². The number of aliphatic hydroxyl groups is 2. The van der Waals surface area contributed by atoms with Gasteiger partial charge in [-0.25, -0.2) is 0 Å². The minimum Gasteiger partial charge on any atom is -0.494 e. The van der Waals surface area contributed by atoms with Gasteiger partial charge >= 0.3 is 0 Å². The molecule has 0 aliphatic rings. The van der Waals surface area contributed by atoms with Crippen molar-refractivity contribution < 1.29 is 19.7 Å². The molecule has 314 valence electrons. The Hall–Kier alpha value is -5.20. The molecule has 0 saturated heterocycles. The molecule has 0 amide bonds. The van der Waals surface area contributed by atoms with E-state index in [2.05, 4.69) is 21.7 Å². The summed E-state index contributed by atoms with van der Waals surface area (Å²) in [5, 5.41) is 27.3. The molecule has 0 aliphatic heterocycles. The van der Waals surface area contributed by atoms with Crippen LogP contribution in [0.4, 0.5) is 11.4 Å². The fraction of sp³-hybridized carbons (Fsp3) is 0.280. The van der Waals surface area contributed by atoms with E-state index in [9.17, 15) is 10.2 Å². The van der Waals surface area contributed by atoms with Crippen LogP contribution in [0, 0.1) is 0 Å². The Bertz CT molecular complexity index is 1940. The van der Waals surface area contributed by atoms with E-state index in [1.54, 1.807) is 34.8 Å². The van der Waals surface area contributed by atoms with Crippen LogP contribution in [0.15, 0.2) is 156 Å². The third-order valence-electron chi connectivity index (χ3n) is 10.1. The lowest BCUT2D eigenvalue weighted by Gasteiger charge is -2.27. The molecule has 0 fully saturated rings. The molecule has 4 aromatic carbocycles. The number of hydrogen-bond acceptors (Lipinski definition) is 10. The van der Waals surface area contributed by atoms with Crippen molar-refractivity contribution in [2.24, 2.45) is 0 Å². The number of hydrazine groups is 2. The molecule has 6 aromatic rings.